The molecule has 2 unspecified atom stereocenters. The molecule has 21 heavy (non-hydrogen) atoms. The van der Waals surface area contributed by atoms with Crippen LogP contribution in [0, 0.1) is 5.92 Å². The van der Waals surface area contributed by atoms with Crippen LogP contribution >= 0.6 is 11.3 Å². The van der Waals surface area contributed by atoms with Crippen LogP contribution in [0.5, 0.6) is 0 Å². The zero-order chi connectivity index (χ0) is 14.8. The molecule has 0 radical (unpaired) electrons. The molecule has 2 aliphatic rings. The highest BCUT2D eigenvalue weighted by Gasteiger charge is 2.33. The molecule has 1 aliphatic heterocycles. The number of likely N-dealkylation sites (tertiary alicyclic amines) is 1. The van der Waals surface area contributed by atoms with Gasteiger partial charge in [-0.15, -0.1) is 11.3 Å². The van der Waals surface area contributed by atoms with Gasteiger partial charge in [0.25, 0.3) is 0 Å². The van der Waals surface area contributed by atoms with Crippen molar-refractivity contribution >= 4 is 23.2 Å². The normalized spacial score (nSPS) is 25.4. The van der Waals surface area contributed by atoms with Crippen LogP contribution in [0.25, 0.3) is 0 Å². The largest absolute Gasteiger partial charge is 0.481 e. The highest BCUT2D eigenvalue weighted by molar-refractivity contribution is 7.10. The van der Waals surface area contributed by atoms with Crippen LogP contribution in [0.3, 0.4) is 0 Å². The first-order chi connectivity index (χ1) is 10.1. The topological polar surface area (TPSA) is 57.6 Å². The van der Waals surface area contributed by atoms with Gasteiger partial charge in [0.05, 0.1) is 5.92 Å². The van der Waals surface area contributed by atoms with E-state index in [0.29, 0.717) is 6.54 Å². The van der Waals surface area contributed by atoms with E-state index in [1.54, 1.807) is 11.3 Å². The molecule has 1 fully saturated rings. The number of carbonyl (C=O) groups is 2. The van der Waals surface area contributed by atoms with Gasteiger partial charge in [0.15, 0.2) is 0 Å². The quantitative estimate of drug-likeness (QED) is 0.934. The van der Waals surface area contributed by atoms with Gasteiger partial charge < -0.3 is 10.0 Å². The maximum atomic E-state index is 12.8. The number of fused-ring (bicyclic) bond motifs is 1. The second-order valence-corrected chi connectivity index (χ2v) is 7.13. The van der Waals surface area contributed by atoms with E-state index in [-0.39, 0.29) is 24.2 Å². The summed E-state index contributed by atoms with van der Waals surface area (Å²) in [5, 5.41) is 11.0. The summed E-state index contributed by atoms with van der Waals surface area (Å²) in [5.74, 6) is -0.425. The average molecular weight is 307 g/mol. The smallest absolute Gasteiger partial charge is 0.303 e. The van der Waals surface area contributed by atoms with Gasteiger partial charge in [-0.3, -0.25) is 9.59 Å². The Bertz CT molecular complexity index is 539. The fraction of sp³-hybridized carbons (Fsp3) is 0.625. The van der Waals surface area contributed by atoms with Crippen molar-refractivity contribution in [2.45, 2.75) is 44.4 Å². The number of nitrogens with zero attached hydrogens (tertiary/aromatic N) is 1. The number of aliphatic carboxylic acids is 1. The number of aryl methyl sites for hydroxylation is 1. The average Bonchev–Trinajstić information content (AvgIpc) is 2.94. The van der Waals surface area contributed by atoms with Gasteiger partial charge in [-0.1, -0.05) is 0 Å². The molecule has 114 valence electrons. The number of amides is 1. The Morgan fingerprint density at radius 1 is 1.33 bits per heavy atom. The Balaban J connectivity index is 1.70. The lowest BCUT2D eigenvalue weighted by molar-refractivity contribution is -0.141. The third kappa shape index (κ3) is 3.12. The standard InChI is InChI=1S/C16H21NO3S/c18-15(19)9-11-3-2-7-17(10-11)16(20)13-4-1-5-14-12(13)6-8-21-14/h6,8,11,13H,1-5,7,9-10H2,(H,18,19). The van der Waals surface area contributed by atoms with E-state index < -0.39 is 5.97 Å². The van der Waals surface area contributed by atoms with E-state index in [1.165, 1.54) is 10.4 Å². The molecule has 2 atom stereocenters. The number of carboxylic acids is 1. The summed E-state index contributed by atoms with van der Waals surface area (Å²) in [4.78, 5) is 27.0. The third-order valence-corrected chi connectivity index (χ3v) is 5.64. The van der Waals surface area contributed by atoms with Crippen LogP contribution < -0.4 is 0 Å². The summed E-state index contributed by atoms with van der Waals surface area (Å²) < 4.78 is 0. The number of carboxylic acid groups (broad SMARTS) is 1. The molecular weight excluding hydrogens is 286 g/mol. The molecule has 2 heterocycles. The molecular formula is C16H21NO3S. The van der Waals surface area contributed by atoms with E-state index in [9.17, 15) is 9.59 Å². The summed E-state index contributed by atoms with van der Waals surface area (Å²) >= 11 is 1.75. The summed E-state index contributed by atoms with van der Waals surface area (Å²) in [6.07, 6.45) is 5.13. The molecule has 1 aliphatic carbocycles. The SMILES string of the molecule is O=C(O)CC1CCCN(C(=O)C2CCCc3sccc32)C1. The fourth-order valence-corrected chi connectivity index (χ4v) is 4.63. The number of hydrogen-bond acceptors (Lipinski definition) is 3. The lowest BCUT2D eigenvalue weighted by atomic mass is 9.85. The number of piperidine rings is 1. The van der Waals surface area contributed by atoms with Crippen molar-refractivity contribution in [3.63, 3.8) is 0 Å². The zero-order valence-electron chi connectivity index (χ0n) is 12.1. The van der Waals surface area contributed by atoms with Crippen molar-refractivity contribution < 1.29 is 14.7 Å². The molecule has 0 bridgehead atoms. The second kappa shape index (κ2) is 6.18. The summed E-state index contributed by atoms with van der Waals surface area (Å²) in [6.45, 7) is 1.39. The Hall–Kier alpha value is -1.36. The number of carbonyl (C=O) groups excluding carboxylic acids is 1. The first kappa shape index (κ1) is 14.6. The minimum absolute atomic E-state index is 0.00331. The minimum atomic E-state index is -0.757. The molecule has 5 heteroatoms. The van der Waals surface area contributed by atoms with Crippen LogP contribution in [-0.4, -0.2) is 35.0 Å². The van der Waals surface area contributed by atoms with Crippen molar-refractivity contribution in [3.8, 4) is 0 Å². The van der Waals surface area contributed by atoms with Gasteiger partial charge in [0.2, 0.25) is 5.91 Å². The van der Waals surface area contributed by atoms with E-state index in [2.05, 4.69) is 11.4 Å². The predicted octanol–water partition coefficient (Wildman–Crippen LogP) is 2.88. The Morgan fingerprint density at radius 3 is 3.00 bits per heavy atom. The van der Waals surface area contributed by atoms with E-state index >= 15 is 0 Å². The summed E-state index contributed by atoms with van der Waals surface area (Å²) in [5.41, 5.74) is 1.22. The molecule has 3 rings (SSSR count). The van der Waals surface area contributed by atoms with Crippen LogP contribution in [0.4, 0.5) is 0 Å². The van der Waals surface area contributed by atoms with Gasteiger partial charge in [0, 0.05) is 24.4 Å². The first-order valence-corrected chi connectivity index (χ1v) is 8.60. The highest BCUT2D eigenvalue weighted by atomic mass is 32.1. The number of thiophene rings is 1. The third-order valence-electron chi connectivity index (χ3n) is 4.64. The molecule has 0 spiro atoms. The van der Waals surface area contributed by atoms with Crippen molar-refractivity contribution in [2.75, 3.05) is 13.1 Å². The van der Waals surface area contributed by atoms with E-state index in [4.69, 9.17) is 5.11 Å². The zero-order valence-corrected chi connectivity index (χ0v) is 12.9. The van der Waals surface area contributed by atoms with E-state index in [0.717, 1.165) is 38.6 Å². The molecule has 0 saturated carbocycles. The monoisotopic (exact) mass is 307 g/mol. The maximum absolute atomic E-state index is 12.8. The number of hydrogen-bond donors (Lipinski definition) is 1. The van der Waals surface area contributed by atoms with Gasteiger partial charge in [-0.05, 0) is 55.0 Å². The van der Waals surface area contributed by atoms with Gasteiger partial charge in [-0.25, -0.2) is 0 Å². The van der Waals surface area contributed by atoms with Gasteiger partial charge in [-0.2, -0.15) is 0 Å². The predicted molar refractivity (Wildman–Crippen MR) is 81.6 cm³/mol. The van der Waals surface area contributed by atoms with Crippen LogP contribution in [0.1, 0.15) is 48.5 Å². The minimum Gasteiger partial charge on any atom is -0.481 e. The van der Waals surface area contributed by atoms with Crippen LogP contribution in [0.2, 0.25) is 0 Å². The Morgan fingerprint density at radius 2 is 2.19 bits per heavy atom. The molecule has 0 aromatic carbocycles. The Labute approximate surface area is 128 Å². The lowest BCUT2D eigenvalue weighted by Gasteiger charge is -2.35. The fourth-order valence-electron chi connectivity index (χ4n) is 3.64. The van der Waals surface area contributed by atoms with Crippen molar-refractivity contribution in [1.82, 2.24) is 4.90 Å². The molecule has 1 N–H and O–H groups in total. The molecule has 1 aromatic heterocycles. The first-order valence-electron chi connectivity index (χ1n) is 7.72. The van der Waals surface area contributed by atoms with Crippen molar-refractivity contribution in [2.24, 2.45) is 5.92 Å². The van der Waals surface area contributed by atoms with Crippen molar-refractivity contribution in [3.05, 3.63) is 21.9 Å². The van der Waals surface area contributed by atoms with Gasteiger partial charge >= 0.3 is 5.97 Å². The highest BCUT2D eigenvalue weighted by Crippen LogP contribution is 2.36. The number of rotatable bonds is 3. The molecule has 4 nitrogen and oxygen atoms in total. The molecule has 1 aromatic rings. The summed E-state index contributed by atoms with van der Waals surface area (Å²) in [7, 11) is 0. The van der Waals surface area contributed by atoms with Crippen molar-refractivity contribution in [1.29, 1.82) is 0 Å². The van der Waals surface area contributed by atoms with Gasteiger partial charge in [0.1, 0.15) is 0 Å². The molecule has 1 amide bonds. The lowest BCUT2D eigenvalue weighted by Crippen LogP contribution is -2.43. The maximum Gasteiger partial charge on any atom is 0.303 e. The molecule has 1 saturated heterocycles. The van der Waals surface area contributed by atoms with E-state index in [1.807, 2.05) is 4.90 Å². The van der Waals surface area contributed by atoms with Crippen LogP contribution in [-0.2, 0) is 16.0 Å². The Kier molecular flexibility index (Phi) is 4.29. The summed E-state index contributed by atoms with van der Waals surface area (Å²) in [6, 6.07) is 2.10. The second-order valence-electron chi connectivity index (χ2n) is 6.13. The van der Waals surface area contributed by atoms with Crippen LogP contribution in [0.15, 0.2) is 11.4 Å².